The minimum Gasteiger partial charge on any atom is -0.343 e. The summed E-state index contributed by atoms with van der Waals surface area (Å²) >= 11 is 0. The quantitative estimate of drug-likeness (QED) is 0.482. The van der Waals surface area contributed by atoms with E-state index in [0.717, 1.165) is 47.9 Å². The average Bonchev–Trinajstić information content (AvgIpc) is 3.53. The van der Waals surface area contributed by atoms with Gasteiger partial charge in [-0.1, -0.05) is 36.4 Å². The Morgan fingerprint density at radius 2 is 1.75 bits per heavy atom. The lowest BCUT2D eigenvalue weighted by atomic mass is 9.99. The fourth-order valence-corrected chi connectivity index (χ4v) is 7.82. The summed E-state index contributed by atoms with van der Waals surface area (Å²) in [5.74, 6) is 0.0774. The lowest BCUT2D eigenvalue weighted by Crippen LogP contribution is -2.48. The maximum absolute atomic E-state index is 13.5. The molecule has 2 aromatic carbocycles. The number of rotatable bonds is 5. The normalized spacial score (nSPS) is 23.7. The fourth-order valence-electron chi connectivity index (χ4n) is 5.74. The third kappa shape index (κ3) is 3.27. The van der Waals surface area contributed by atoms with Crippen LogP contribution in [0.4, 0.5) is 0 Å². The van der Waals surface area contributed by atoms with Crippen LogP contribution in [0, 0.1) is 0 Å². The number of fused-ring (bicyclic) bond motifs is 3. The van der Waals surface area contributed by atoms with E-state index in [1.54, 1.807) is 0 Å². The van der Waals surface area contributed by atoms with Gasteiger partial charge >= 0.3 is 0 Å². The number of piperidine rings is 1. The molecule has 1 N–H and O–H groups in total. The molecule has 4 aromatic rings. The van der Waals surface area contributed by atoms with Crippen LogP contribution in [0.25, 0.3) is 22.0 Å². The maximum Gasteiger partial charge on any atom is 0.218 e. The van der Waals surface area contributed by atoms with Gasteiger partial charge in [0.05, 0.1) is 18.0 Å². The molecule has 6 rings (SSSR count). The van der Waals surface area contributed by atoms with Gasteiger partial charge in [0, 0.05) is 40.9 Å². The van der Waals surface area contributed by atoms with E-state index < -0.39 is 10.0 Å². The summed E-state index contributed by atoms with van der Waals surface area (Å²) in [6.45, 7) is 0. The van der Waals surface area contributed by atoms with E-state index >= 15 is 0 Å². The van der Waals surface area contributed by atoms with Gasteiger partial charge in [0.15, 0.2) is 0 Å². The van der Waals surface area contributed by atoms with Crippen LogP contribution in [0.1, 0.15) is 37.3 Å². The van der Waals surface area contributed by atoms with E-state index in [4.69, 9.17) is 0 Å². The number of aromatic amines is 1. The van der Waals surface area contributed by atoms with Gasteiger partial charge in [0.2, 0.25) is 10.0 Å². The van der Waals surface area contributed by atoms with Crippen LogP contribution in [0.5, 0.6) is 0 Å². The Morgan fingerprint density at radius 1 is 0.938 bits per heavy atom. The second kappa shape index (κ2) is 7.60. The highest BCUT2D eigenvalue weighted by Gasteiger charge is 2.48. The van der Waals surface area contributed by atoms with Crippen LogP contribution >= 0.6 is 0 Å². The molecule has 2 fully saturated rings. The molecule has 3 atom stereocenters. The largest absolute Gasteiger partial charge is 0.343 e. The van der Waals surface area contributed by atoms with Crippen LogP contribution in [-0.2, 0) is 15.8 Å². The summed E-state index contributed by atoms with van der Waals surface area (Å²) in [4.78, 5) is 0. The van der Waals surface area contributed by atoms with E-state index in [1.165, 1.54) is 5.39 Å². The minimum absolute atomic E-state index is 0.0200. The maximum atomic E-state index is 13.5. The molecule has 4 heterocycles. The van der Waals surface area contributed by atoms with Crippen molar-refractivity contribution < 1.29 is 8.42 Å². The molecule has 0 saturated carbocycles. The van der Waals surface area contributed by atoms with Crippen molar-refractivity contribution in [2.24, 2.45) is 0 Å². The molecule has 2 saturated heterocycles. The molecule has 2 aliphatic rings. The van der Waals surface area contributed by atoms with Crippen molar-refractivity contribution in [1.29, 1.82) is 0 Å². The third-order valence-corrected chi connectivity index (χ3v) is 9.05. The van der Waals surface area contributed by atoms with Crippen LogP contribution < -0.4 is 0 Å². The molecular weight excluding hydrogens is 420 g/mol. The number of sulfonamides is 1. The van der Waals surface area contributed by atoms with E-state index in [-0.39, 0.29) is 23.9 Å². The van der Waals surface area contributed by atoms with Gasteiger partial charge in [0.1, 0.15) is 0 Å². The molecule has 164 valence electrons. The van der Waals surface area contributed by atoms with Crippen molar-refractivity contribution in [1.82, 2.24) is 19.1 Å². The molecule has 0 radical (unpaired) electrons. The monoisotopic (exact) mass is 446 g/mol. The summed E-state index contributed by atoms with van der Waals surface area (Å²) in [5, 5.41) is 8.09. The zero-order valence-electron chi connectivity index (χ0n) is 17.8. The van der Waals surface area contributed by atoms with E-state index in [9.17, 15) is 8.42 Å². The Morgan fingerprint density at radius 3 is 2.53 bits per heavy atom. The average molecular weight is 447 g/mol. The fraction of sp³-hybridized carbons (Fsp3) is 0.320. The number of nitrogens with one attached hydrogen (secondary N) is 1. The number of hydrogen-bond donors (Lipinski definition) is 1. The lowest BCUT2D eigenvalue weighted by Gasteiger charge is -2.40. The standard InChI is InChI=1S/C25H26N4O2S/c30-32(31,17-18-4-2-1-3-5-18)29-22-7-10-24(25(29)11-8-22)28-13-12-20-14-19(6-9-23(20)28)21-15-26-27-16-21/h1-6,9,12-16,22,24-25H,7-8,10-11,17H2,(H,26,27). The second-order valence-corrected chi connectivity index (χ2v) is 10.9. The van der Waals surface area contributed by atoms with Crippen molar-refractivity contribution in [3.8, 4) is 11.1 Å². The number of aromatic nitrogens is 3. The van der Waals surface area contributed by atoms with Crippen molar-refractivity contribution >= 4 is 20.9 Å². The van der Waals surface area contributed by atoms with Gasteiger partial charge in [-0.15, -0.1) is 0 Å². The van der Waals surface area contributed by atoms with Gasteiger partial charge in [0.25, 0.3) is 0 Å². The highest BCUT2D eigenvalue weighted by molar-refractivity contribution is 7.88. The first kappa shape index (κ1) is 19.8. The van der Waals surface area contributed by atoms with Crippen molar-refractivity contribution in [3.63, 3.8) is 0 Å². The summed E-state index contributed by atoms with van der Waals surface area (Å²) in [6, 6.07) is 18.5. The second-order valence-electron chi connectivity index (χ2n) is 9.00. The smallest absolute Gasteiger partial charge is 0.218 e. The summed E-state index contributed by atoms with van der Waals surface area (Å²) in [7, 11) is -3.38. The van der Waals surface area contributed by atoms with Gasteiger partial charge in [-0.2, -0.15) is 9.40 Å². The molecule has 0 amide bonds. The summed E-state index contributed by atoms with van der Waals surface area (Å²) in [6.07, 6.45) is 9.67. The Kier molecular flexibility index (Phi) is 4.69. The molecule has 2 aliphatic heterocycles. The molecule has 2 aromatic heterocycles. The summed E-state index contributed by atoms with van der Waals surface area (Å²) < 4.78 is 31.1. The van der Waals surface area contributed by atoms with Gasteiger partial charge in [-0.05, 0) is 55.0 Å². The topological polar surface area (TPSA) is 71.0 Å². The highest BCUT2D eigenvalue weighted by atomic mass is 32.2. The SMILES string of the molecule is O=S(=O)(Cc1ccccc1)N1C2CCC1C(n1ccc3cc(-c4cn[nH]c4)ccc31)CC2. The molecule has 7 heteroatoms. The van der Waals surface area contributed by atoms with E-state index in [1.807, 2.05) is 47.0 Å². The summed E-state index contributed by atoms with van der Waals surface area (Å²) in [5.41, 5.74) is 4.20. The van der Waals surface area contributed by atoms with Crippen molar-refractivity contribution in [2.75, 3.05) is 0 Å². The lowest BCUT2D eigenvalue weighted by molar-refractivity contribution is 0.183. The number of hydrogen-bond acceptors (Lipinski definition) is 3. The molecule has 6 nitrogen and oxygen atoms in total. The van der Waals surface area contributed by atoms with E-state index in [2.05, 4.69) is 45.2 Å². The Balaban J connectivity index is 1.33. The van der Waals surface area contributed by atoms with Crippen LogP contribution in [0.3, 0.4) is 0 Å². The zero-order chi connectivity index (χ0) is 21.7. The predicted octanol–water partition coefficient (Wildman–Crippen LogP) is 4.73. The van der Waals surface area contributed by atoms with Crippen molar-refractivity contribution in [3.05, 3.63) is 78.8 Å². The van der Waals surface area contributed by atoms with Crippen molar-refractivity contribution in [2.45, 2.75) is 49.6 Å². The van der Waals surface area contributed by atoms with Crippen LogP contribution in [0.2, 0.25) is 0 Å². The third-order valence-electron chi connectivity index (χ3n) is 7.14. The van der Waals surface area contributed by atoms with Crippen LogP contribution in [0.15, 0.2) is 73.2 Å². The molecule has 3 unspecified atom stereocenters. The van der Waals surface area contributed by atoms with Crippen LogP contribution in [-0.4, -0.2) is 39.6 Å². The highest BCUT2D eigenvalue weighted by Crippen LogP contribution is 2.45. The molecule has 2 bridgehead atoms. The molecule has 0 aliphatic carbocycles. The molecule has 32 heavy (non-hydrogen) atoms. The first-order valence-electron chi connectivity index (χ1n) is 11.2. The van der Waals surface area contributed by atoms with E-state index in [0.29, 0.717) is 0 Å². The first-order chi connectivity index (χ1) is 15.6. The number of benzene rings is 2. The van der Waals surface area contributed by atoms with Gasteiger partial charge < -0.3 is 4.57 Å². The first-order valence-corrected chi connectivity index (χ1v) is 12.9. The molecular formula is C25H26N4O2S. The Bertz CT molecular complexity index is 1350. The molecule has 0 spiro atoms. The zero-order valence-corrected chi connectivity index (χ0v) is 18.6. The Labute approximate surface area is 187 Å². The number of H-pyrrole nitrogens is 1. The minimum atomic E-state index is -3.38. The Hall–Kier alpha value is -2.90. The van der Waals surface area contributed by atoms with Gasteiger partial charge in [-0.3, -0.25) is 5.10 Å². The predicted molar refractivity (Wildman–Crippen MR) is 126 cm³/mol. The number of nitrogens with zero attached hydrogens (tertiary/aromatic N) is 3. The van der Waals surface area contributed by atoms with Gasteiger partial charge in [-0.25, -0.2) is 8.42 Å².